The first-order valence-corrected chi connectivity index (χ1v) is 5.20. The first kappa shape index (κ1) is 11.6. The first-order chi connectivity index (χ1) is 7.29. The summed E-state index contributed by atoms with van der Waals surface area (Å²) in [6.07, 6.45) is 6.68. The van der Waals surface area contributed by atoms with Crippen molar-refractivity contribution in [3.05, 3.63) is 29.8 Å². The van der Waals surface area contributed by atoms with Gasteiger partial charge in [0.2, 0.25) is 0 Å². The lowest BCUT2D eigenvalue weighted by Gasteiger charge is -2.14. The summed E-state index contributed by atoms with van der Waals surface area (Å²) in [6.45, 7) is 2.60. The number of hydrogen-bond donors (Lipinski definition) is 1. The van der Waals surface area contributed by atoms with Crippen LogP contribution in [0.5, 0.6) is 5.75 Å². The molecule has 1 aromatic rings. The highest BCUT2D eigenvalue weighted by molar-refractivity contribution is 5.35. The van der Waals surface area contributed by atoms with Gasteiger partial charge < -0.3 is 10.5 Å². The van der Waals surface area contributed by atoms with Gasteiger partial charge in [-0.1, -0.05) is 25.1 Å². The van der Waals surface area contributed by atoms with Crippen molar-refractivity contribution in [1.82, 2.24) is 0 Å². The minimum absolute atomic E-state index is 0.0343. The van der Waals surface area contributed by atoms with Crippen molar-refractivity contribution in [3.8, 4) is 18.1 Å². The summed E-state index contributed by atoms with van der Waals surface area (Å²) in [4.78, 5) is 0. The van der Waals surface area contributed by atoms with E-state index < -0.39 is 0 Å². The normalized spacial score (nSPS) is 11.8. The second-order valence-corrected chi connectivity index (χ2v) is 3.36. The van der Waals surface area contributed by atoms with Crippen LogP contribution in [0.15, 0.2) is 24.3 Å². The van der Waals surface area contributed by atoms with Gasteiger partial charge in [0.05, 0.1) is 6.61 Å². The highest BCUT2D eigenvalue weighted by Crippen LogP contribution is 2.25. The maximum atomic E-state index is 5.98. The van der Waals surface area contributed by atoms with Crippen molar-refractivity contribution in [1.29, 1.82) is 0 Å². The van der Waals surface area contributed by atoms with E-state index in [4.69, 9.17) is 16.9 Å². The van der Waals surface area contributed by atoms with Gasteiger partial charge in [0, 0.05) is 18.0 Å². The number of nitrogens with two attached hydrogens (primary N) is 1. The van der Waals surface area contributed by atoms with Gasteiger partial charge in [0.15, 0.2) is 0 Å². The molecule has 0 aromatic heterocycles. The van der Waals surface area contributed by atoms with Crippen LogP contribution in [0.3, 0.4) is 0 Å². The van der Waals surface area contributed by atoms with Crippen LogP contribution < -0.4 is 10.5 Å². The van der Waals surface area contributed by atoms with Crippen molar-refractivity contribution in [3.63, 3.8) is 0 Å². The third-order valence-corrected chi connectivity index (χ3v) is 2.26. The quantitative estimate of drug-likeness (QED) is 0.589. The van der Waals surface area contributed by atoms with E-state index in [0.29, 0.717) is 13.0 Å². The van der Waals surface area contributed by atoms with E-state index in [9.17, 15) is 0 Å². The number of para-hydroxylation sites is 1. The summed E-state index contributed by atoms with van der Waals surface area (Å²) in [5.41, 5.74) is 7.03. The summed E-state index contributed by atoms with van der Waals surface area (Å²) >= 11 is 0. The third kappa shape index (κ3) is 3.30. The van der Waals surface area contributed by atoms with Crippen LogP contribution >= 0.6 is 0 Å². The zero-order valence-electron chi connectivity index (χ0n) is 9.07. The van der Waals surface area contributed by atoms with Gasteiger partial charge in [-0.05, 0) is 12.5 Å². The van der Waals surface area contributed by atoms with E-state index in [0.717, 1.165) is 17.7 Å². The standard InChI is InChI=1S/C13H17NO/c1-3-5-10-15-13-9-7-6-8-11(13)12(14)4-2/h1,6-9,12H,4-5,10,14H2,2H3/t12-/m0/s1. The van der Waals surface area contributed by atoms with E-state index in [1.165, 1.54) is 0 Å². The molecule has 0 radical (unpaired) electrons. The van der Waals surface area contributed by atoms with E-state index in [2.05, 4.69) is 12.8 Å². The molecule has 0 saturated heterocycles. The largest absolute Gasteiger partial charge is 0.492 e. The molecule has 0 spiro atoms. The molecule has 0 heterocycles. The molecule has 0 unspecified atom stereocenters. The zero-order chi connectivity index (χ0) is 11.1. The second-order valence-electron chi connectivity index (χ2n) is 3.36. The van der Waals surface area contributed by atoms with Crippen LogP contribution in [0.2, 0.25) is 0 Å². The minimum Gasteiger partial charge on any atom is -0.492 e. The van der Waals surface area contributed by atoms with Crippen molar-refractivity contribution in [2.45, 2.75) is 25.8 Å². The van der Waals surface area contributed by atoms with Crippen LogP contribution in [0, 0.1) is 12.3 Å². The molecular formula is C13H17NO. The van der Waals surface area contributed by atoms with Gasteiger partial charge >= 0.3 is 0 Å². The van der Waals surface area contributed by atoms with Crippen LogP contribution in [0.1, 0.15) is 31.4 Å². The molecule has 0 saturated carbocycles. The molecule has 1 atom stereocenters. The molecule has 2 heteroatoms. The highest BCUT2D eigenvalue weighted by Gasteiger charge is 2.08. The molecule has 0 aliphatic rings. The molecule has 80 valence electrons. The number of rotatable bonds is 5. The average molecular weight is 203 g/mol. The summed E-state index contributed by atoms with van der Waals surface area (Å²) in [5.74, 6) is 3.39. The van der Waals surface area contributed by atoms with Crippen molar-refractivity contribution in [2.75, 3.05) is 6.61 Å². The highest BCUT2D eigenvalue weighted by atomic mass is 16.5. The van der Waals surface area contributed by atoms with Gasteiger partial charge in [-0.2, -0.15) is 0 Å². The Morgan fingerprint density at radius 1 is 1.47 bits per heavy atom. The number of hydrogen-bond acceptors (Lipinski definition) is 2. The second kappa shape index (κ2) is 6.10. The average Bonchev–Trinajstić information content (AvgIpc) is 2.29. The molecule has 0 fully saturated rings. The van der Waals surface area contributed by atoms with Crippen molar-refractivity contribution in [2.24, 2.45) is 5.73 Å². The Hall–Kier alpha value is -1.46. The number of ether oxygens (including phenoxy) is 1. The van der Waals surface area contributed by atoms with Gasteiger partial charge in [-0.25, -0.2) is 0 Å². The molecule has 2 N–H and O–H groups in total. The van der Waals surface area contributed by atoms with Crippen LogP contribution in [0.4, 0.5) is 0 Å². The van der Waals surface area contributed by atoms with E-state index in [1.54, 1.807) is 0 Å². The minimum atomic E-state index is 0.0343. The Kier molecular flexibility index (Phi) is 4.73. The lowest BCUT2D eigenvalue weighted by atomic mass is 10.0. The van der Waals surface area contributed by atoms with Gasteiger partial charge in [-0.15, -0.1) is 12.3 Å². The van der Waals surface area contributed by atoms with Crippen molar-refractivity contribution >= 4 is 0 Å². The summed E-state index contributed by atoms with van der Waals surface area (Å²) < 4.78 is 5.58. The monoisotopic (exact) mass is 203 g/mol. The molecule has 1 aromatic carbocycles. The fourth-order valence-corrected chi connectivity index (χ4v) is 1.36. The summed E-state index contributed by atoms with van der Waals surface area (Å²) in [6, 6.07) is 7.88. The molecule has 2 nitrogen and oxygen atoms in total. The zero-order valence-corrected chi connectivity index (χ0v) is 9.07. The molecule has 15 heavy (non-hydrogen) atoms. The number of terminal acetylenes is 1. The smallest absolute Gasteiger partial charge is 0.124 e. The topological polar surface area (TPSA) is 35.2 Å². The lowest BCUT2D eigenvalue weighted by molar-refractivity contribution is 0.321. The summed E-state index contributed by atoms with van der Waals surface area (Å²) in [7, 11) is 0. The molecule has 0 bridgehead atoms. The van der Waals surface area contributed by atoms with E-state index in [-0.39, 0.29) is 6.04 Å². The molecular weight excluding hydrogens is 186 g/mol. The van der Waals surface area contributed by atoms with Gasteiger partial charge in [-0.3, -0.25) is 0 Å². The fourth-order valence-electron chi connectivity index (χ4n) is 1.36. The predicted octanol–water partition coefficient (Wildman–Crippen LogP) is 2.50. The van der Waals surface area contributed by atoms with Gasteiger partial charge in [0.25, 0.3) is 0 Å². The maximum absolute atomic E-state index is 5.98. The van der Waals surface area contributed by atoms with E-state index >= 15 is 0 Å². The Morgan fingerprint density at radius 2 is 2.20 bits per heavy atom. The van der Waals surface area contributed by atoms with Crippen LogP contribution in [0.25, 0.3) is 0 Å². The predicted molar refractivity (Wildman–Crippen MR) is 62.6 cm³/mol. The van der Waals surface area contributed by atoms with Crippen LogP contribution in [-0.2, 0) is 0 Å². The maximum Gasteiger partial charge on any atom is 0.124 e. The Labute approximate surface area is 91.4 Å². The first-order valence-electron chi connectivity index (χ1n) is 5.20. The Morgan fingerprint density at radius 3 is 2.87 bits per heavy atom. The SMILES string of the molecule is C#CCCOc1ccccc1[C@@H](N)CC. The lowest BCUT2D eigenvalue weighted by Crippen LogP contribution is -2.11. The summed E-state index contributed by atoms with van der Waals surface area (Å²) in [5, 5.41) is 0. The fraction of sp³-hybridized carbons (Fsp3) is 0.385. The van der Waals surface area contributed by atoms with E-state index in [1.807, 2.05) is 24.3 Å². The van der Waals surface area contributed by atoms with Gasteiger partial charge in [0.1, 0.15) is 5.75 Å². The molecule has 0 amide bonds. The molecule has 0 aliphatic carbocycles. The molecule has 1 rings (SSSR count). The Bertz CT molecular complexity index is 341. The molecule has 0 aliphatic heterocycles. The van der Waals surface area contributed by atoms with Crippen LogP contribution in [-0.4, -0.2) is 6.61 Å². The van der Waals surface area contributed by atoms with Crippen molar-refractivity contribution < 1.29 is 4.74 Å². The number of benzene rings is 1. The Balaban J connectivity index is 2.73. The third-order valence-electron chi connectivity index (χ3n) is 2.26.